The Bertz CT molecular complexity index is 401. The molecule has 0 fully saturated rings. The van der Waals surface area contributed by atoms with Crippen LogP contribution < -0.4 is 10.5 Å². The van der Waals surface area contributed by atoms with Crippen molar-refractivity contribution in [3.05, 3.63) is 28.8 Å². The third-order valence-corrected chi connectivity index (χ3v) is 2.85. The van der Waals surface area contributed by atoms with Crippen LogP contribution in [0.2, 0.25) is 0 Å². The van der Waals surface area contributed by atoms with Gasteiger partial charge in [0, 0.05) is 12.1 Å². The molecular weight excluding hydrogens is 231 g/mol. The lowest BCUT2D eigenvalue weighted by Gasteiger charge is -2.22. The second-order valence-corrected chi connectivity index (χ2v) is 4.01. The Labute approximate surface area is 98.6 Å². The van der Waals surface area contributed by atoms with Crippen molar-refractivity contribution in [3.8, 4) is 5.75 Å². The fourth-order valence-corrected chi connectivity index (χ4v) is 1.70. The van der Waals surface area contributed by atoms with E-state index in [4.69, 9.17) is 10.5 Å². The minimum Gasteiger partial charge on any atom is -0.496 e. The third-order valence-electron chi connectivity index (χ3n) is 2.85. The van der Waals surface area contributed by atoms with Crippen molar-refractivity contribution < 1.29 is 17.9 Å². The van der Waals surface area contributed by atoms with E-state index in [2.05, 4.69) is 0 Å². The first-order valence-electron chi connectivity index (χ1n) is 5.23. The molecule has 1 atom stereocenters. The van der Waals surface area contributed by atoms with Crippen molar-refractivity contribution in [1.29, 1.82) is 0 Å². The minimum absolute atomic E-state index is 0.102. The summed E-state index contributed by atoms with van der Waals surface area (Å²) in [6, 6.07) is 3.11. The van der Waals surface area contributed by atoms with Crippen LogP contribution in [0.4, 0.5) is 13.2 Å². The summed E-state index contributed by atoms with van der Waals surface area (Å²) in [6.07, 6.45) is -4.36. The topological polar surface area (TPSA) is 35.2 Å². The highest BCUT2D eigenvalue weighted by atomic mass is 19.4. The second-order valence-electron chi connectivity index (χ2n) is 4.01. The molecule has 0 aliphatic rings. The van der Waals surface area contributed by atoms with E-state index in [-0.39, 0.29) is 11.3 Å². The molecule has 0 bridgehead atoms. The van der Waals surface area contributed by atoms with Gasteiger partial charge in [-0.1, -0.05) is 6.07 Å². The second kappa shape index (κ2) is 4.96. The van der Waals surface area contributed by atoms with E-state index in [1.807, 2.05) is 6.92 Å². The molecular formula is C12H16F3NO. The Balaban J connectivity index is 3.32. The zero-order chi connectivity index (χ0) is 13.2. The molecule has 5 heteroatoms. The van der Waals surface area contributed by atoms with E-state index < -0.39 is 18.6 Å². The van der Waals surface area contributed by atoms with Gasteiger partial charge in [0.25, 0.3) is 0 Å². The summed E-state index contributed by atoms with van der Waals surface area (Å²) in [5, 5.41) is 0. The van der Waals surface area contributed by atoms with Gasteiger partial charge >= 0.3 is 6.18 Å². The average molecular weight is 247 g/mol. The predicted octanol–water partition coefficient (Wildman–Crippen LogP) is 2.92. The van der Waals surface area contributed by atoms with E-state index in [0.717, 1.165) is 11.1 Å². The van der Waals surface area contributed by atoms with Gasteiger partial charge in [-0.3, -0.25) is 0 Å². The van der Waals surface area contributed by atoms with Gasteiger partial charge in [0.2, 0.25) is 0 Å². The Hall–Kier alpha value is -1.23. The van der Waals surface area contributed by atoms with Gasteiger partial charge in [0.1, 0.15) is 5.75 Å². The molecule has 0 aliphatic heterocycles. The van der Waals surface area contributed by atoms with E-state index in [0.29, 0.717) is 0 Å². The number of alkyl halides is 3. The Morgan fingerprint density at radius 3 is 2.18 bits per heavy atom. The number of hydrogen-bond acceptors (Lipinski definition) is 2. The molecule has 0 radical (unpaired) electrons. The smallest absolute Gasteiger partial charge is 0.397 e. The number of hydrogen-bond donors (Lipinski definition) is 1. The first kappa shape index (κ1) is 13.8. The Kier molecular flexibility index (Phi) is 4.03. The number of halogens is 3. The molecule has 0 saturated carbocycles. The van der Waals surface area contributed by atoms with Crippen LogP contribution in [0.5, 0.6) is 5.75 Å². The van der Waals surface area contributed by atoms with Crippen LogP contribution in [0.25, 0.3) is 0 Å². The summed E-state index contributed by atoms with van der Waals surface area (Å²) in [6.45, 7) is 3.11. The van der Waals surface area contributed by atoms with Crippen molar-refractivity contribution >= 4 is 0 Å². The zero-order valence-electron chi connectivity index (χ0n) is 10.1. The normalized spacial score (nSPS) is 13.6. The lowest BCUT2D eigenvalue weighted by Crippen LogP contribution is -2.28. The number of methoxy groups -OCH3 is 1. The molecule has 0 heterocycles. The van der Waals surface area contributed by atoms with E-state index in [9.17, 15) is 13.2 Å². The summed E-state index contributed by atoms with van der Waals surface area (Å²) in [5.41, 5.74) is 7.02. The largest absolute Gasteiger partial charge is 0.496 e. The Morgan fingerprint density at radius 2 is 1.76 bits per heavy atom. The highest BCUT2D eigenvalue weighted by Gasteiger charge is 2.41. The summed E-state index contributed by atoms with van der Waals surface area (Å²) >= 11 is 0. The van der Waals surface area contributed by atoms with Crippen molar-refractivity contribution in [2.75, 3.05) is 13.7 Å². The SMILES string of the molecule is COc1cc(C)c(C)cc1C(CN)C(F)(F)F. The minimum atomic E-state index is -4.36. The number of ether oxygens (including phenoxy) is 1. The zero-order valence-corrected chi connectivity index (χ0v) is 10.1. The number of benzene rings is 1. The van der Waals surface area contributed by atoms with Crippen molar-refractivity contribution in [2.45, 2.75) is 25.9 Å². The molecule has 0 aliphatic carbocycles. The molecule has 0 spiro atoms. The fraction of sp³-hybridized carbons (Fsp3) is 0.500. The van der Waals surface area contributed by atoms with Gasteiger partial charge in [0.05, 0.1) is 13.0 Å². The molecule has 2 N–H and O–H groups in total. The first-order valence-corrected chi connectivity index (χ1v) is 5.23. The molecule has 96 valence electrons. The molecule has 1 unspecified atom stereocenters. The molecule has 17 heavy (non-hydrogen) atoms. The van der Waals surface area contributed by atoms with Crippen LogP contribution >= 0.6 is 0 Å². The van der Waals surface area contributed by atoms with Crippen LogP contribution in [0.3, 0.4) is 0 Å². The maximum atomic E-state index is 12.8. The van der Waals surface area contributed by atoms with Crippen LogP contribution in [0.1, 0.15) is 22.6 Å². The van der Waals surface area contributed by atoms with E-state index >= 15 is 0 Å². The maximum Gasteiger partial charge on any atom is 0.397 e. The molecule has 1 aromatic carbocycles. The van der Waals surface area contributed by atoms with Gasteiger partial charge < -0.3 is 10.5 Å². The van der Waals surface area contributed by atoms with Crippen molar-refractivity contribution in [1.82, 2.24) is 0 Å². The number of nitrogens with two attached hydrogens (primary N) is 1. The van der Waals surface area contributed by atoms with E-state index in [1.165, 1.54) is 13.2 Å². The van der Waals surface area contributed by atoms with Crippen molar-refractivity contribution in [2.24, 2.45) is 5.73 Å². The average Bonchev–Trinajstić information content (AvgIpc) is 2.21. The predicted molar refractivity (Wildman–Crippen MR) is 60.3 cm³/mol. The molecule has 0 saturated heterocycles. The molecule has 0 amide bonds. The lowest BCUT2D eigenvalue weighted by molar-refractivity contribution is -0.148. The molecule has 1 rings (SSSR count). The maximum absolute atomic E-state index is 12.8. The third kappa shape index (κ3) is 2.91. The van der Waals surface area contributed by atoms with Crippen LogP contribution in [-0.2, 0) is 0 Å². The molecule has 2 nitrogen and oxygen atoms in total. The van der Waals surface area contributed by atoms with Gasteiger partial charge in [0.15, 0.2) is 0 Å². The number of rotatable bonds is 3. The standard InChI is InChI=1S/C12H16F3NO/c1-7-4-9(10(6-16)12(13,14)15)11(17-3)5-8(7)2/h4-5,10H,6,16H2,1-3H3. The molecule has 0 aromatic heterocycles. The summed E-state index contributed by atoms with van der Waals surface area (Å²) in [4.78, 5) is 0. The van der Waals surface area contributed by atoms with Gasteiger partial charge in [-0.2, -0.15) is 13.2 Å². The van der Waals surface area contributed by atoms with E-state index in [1.54, 1.807) is 13.0 Å². The summed E-state index contributed by atoms with van der Waals surface area (Å²) < 4.78 is 43.5. The first-order chi connectivity index (χ1) is 7.81. The molecule has 1 aromatic rings. The lowest BCUT2D eigenvalue weighted by atomic mass is 9.94. The van der Waals surface area contributed by atoms with Gasteiger partial charge in [-0.15, -0.1) is 0 Å². The summed E-state index contributed by atoms with van der Waals surface area (Å²) in [5.74, 6) is -1.45. The monoisotopic (exact) mass is 247 g/mol. The fourth-order valence-electron chi connectivity index (χ4n) is 1.70. The highest BCUT2D eigenvalue weighted by molar-refractivity contribution is 5.44. The number of aryl methyl sites for hydroxylation is 2. The van der Waals surface area contributed by atoms with Crippen LogP contribution in [-0.4, -0.2) is 19.8 Å². The van der Waals surface area contributed by atoms with Gasteiger partial charge in [-0.05, 0) is 31.0 Å². The van der Waals surface area contributed by atoms with Crippen LogP contribution in [0.15, 0.2) is 12.1 Å². The van der Waals surface area contributed by atoms with Crippen molar-refractivity contribution in [3.63, 3.8) is 0 Å². The Morgan fingerprint density at radius 1 is 1.24 bits per heavy atom. The highest BCUT2D eigenvalue weighted by Crippen LogP contribution is 2.39. The van der Waals surface area contributed by atoms with Gasteiger partial charge in [-0.25, -0.2) is 0 Å². The van der Waals surface area contributed by atoms with Crippen LogP contribution in [0, 0.1) is 13.8 Å². The quantitative estimate of drug-likeness (QED) is 0.891. The summed E-state index contributed by atoms with van der Waals surface area (Å²) in [7, 11) is 1.36.